The molecule has 0 saturated carbocycles. The second-order valence-electron chi connectivity index (χ2n) is 4.12. The van der Waals surface area contributed by atoms with Gasteiger partial charge in [-0.05, 0) is 18.9 Å². The number of aliphatic carboxylic acids is 1. The molecular formula is C11H17Cl2N3O2. The summed E-state index contributed by atoms with van der Waals surface area (Å²) in [5.74, 6) is -1.02. The topological polar surface area (TPSA) is 87.4 Å². The molecule has 18 heavy (non-hydrogen) atoms. The van der Waals surface area contributed by atoms with E-state index >= 15 is 0 Å². The highest BCUT2D eigenvalue weighted by Gasteiger charge is 2.32. The molecule has 0 aromatic carbocycles. The molecule has 0 spiro atoms. The lowest BCUT2D eigenvalue weighted by Crippen LogP contribution is -2.49. The van der Waals surface area contributed by atoms with E-state index in [2.05, 4.69) is 10.6 Å². The van der Waals surface area contributed by atoms with Gasteiger partial charge in [0.1, 0.15) is 6.04 Å². The summed E-state index contributed by atoms with van der Waals surface area (Å²) in [6.07, 6.45) is 6.55. The summed E-state index contributed by atoms with van der Waals surface area (Å²) in [6, 6.07) is -0.384. The Balaban J connectivity index is 2.73. The molecule has 102 valence electrons. The molecule has 0 radical (unpaired) electrons. The first kappa shape index (κ1) is 15.3. The third-order valence-electron chi connectivity index (χ3n) is 2.86. The Morgan fingerprint density at radius 2 is 2.28 bits per heavy atom. The second kappa shape index (κ2) is 6.99. The van der Waals surface area contributed by atoms with Gasteiger partial charge < -0.3 is 16.2 Å². The van der Waals surface area contributed by atoms with Crippen LogP contribution in [-0.2, 0) is 4.79 Å². The van der Waals surface area contributed by atoms with Gasteiger partial charge in [-0.2, -0.15) is 0 Å². The monoisotopic (exact) mass is 293 g/mol. The first-order chi connectivity index (χ1) is 8.53. The number of carbonyl (C=O) groups is 1. The maximum absolute atomic E-state index is 10.8. The number of nitrogens with one attached hydrogen (secondary N) is 2. The van der Waals surface area contributed by atoms with Crippen LogP contribution in [0.25, 0.3) is 0 Å². The minimum atomic E-state index is -1.02. The summed E-state index contributed by atoms with van der Waals surface area (Å²) in [4.78, 5) is 10.8. The molecule has 0 aromatic heterocycles. The Morgan fingerprint density at radius 3 is 2.72 bits per heavy atom. The number of hydrogen-bond acceptors (Lipinski definition) is 4. The average molecular weight is 294 g/mol. The van der Waals surface area contributed by atoms with Crippen LogP contribution in [0.4, 0.5) is 0 Å². The average Bonchev–Trinajstić information content (AvgIpc) is 2.33. The molecule has 0 bridgehead atoms. The number of halogens is 2. The summed E-state index contributed by atoms with van der Waals surface area (Å²) in [6.45, 7) is 0. The van der Waals surface area contributed by atoms with Gasteiger partial charge in [0.05, 0.1) is 12.0 Å². The summed E-state index contributed by atoms with van der Waals surface area (Å²) < 4.78 is 0. The van der Waals surface area contributed by atoms with Crippen LogP contribution < -0.4 is 16.4 Å². The van der Waals surface area contributed by atoms with Crippen LogP contribution >= 0.6 is 23.2 Å². The number of hydrogen-bond donors (Lipinski definition) is 4. The molecule has 5 nitrogen and oxygen atoms in total. The van der Waals surface area contributed by atoms with Gasteiger partial charge in [-0.1, -0.05) is 12.2 Å². The van der Waals surface area contributed by atoms with Crippen LogP contribution in [0.15, 0.2) is 23.9 Å². The lowest BCUT2D eigenvalue weighted by atomic mass is 9.84. The molecule has 2 atom stereocenters. The molecule has 1 aliphatic carbocycles. The minimum absolute atomic E-state index is 0.225. The van der Waals surface area contributed by atoms with Gasteiger partial charge in [0, 0.05) is 11.2 Å². The molecule has 7 heteroatoms. The Bertz CT molecular complexity index is 360. The van der Waals surface area contributed by atoms with Crippen molar-refractivity contribution in [3.8, 4) is 0 Å². The molecule has 1 rings (SSSR count). The summed E-state index contributed by atoms with van der Waals surface area (Å²) >= 11 is 11.3. The van der Waals surface area contributed by atoms with E-state index < -0.39 is 17.6 Å². The van der Waals surface area contributed by atoms with E-state index in [9.17, 15) is 4.79 Å². The highest BCUT2D eigenvalue weighted by Crippen LogP contribution is 2.25. The number of nitrogens with two attached hydrogens (primary N) is 1. The fraction of sp³-hybridized carbons (Fsp3) is 0.545. The fourth-order valence-corrected chi connectivity index (χ4v) is 2.27. The quantitative estimate of drug-likeness (QED) is 0.415. The molecule has 0 aliphatic heterocycles. The SMILES string of the molecule is N[C@@H](CC1(NCCl)C=CC(NCCl)=CC1)C(=O)O. The predicted octanol–water partition coefficient (Wildman–Crippen LogP) is 0.943. The maximum Gasteiger partial charge on any atom is 0.320 e. The van der Waals surface area contributed by atoms with Crippen LogP contribution in [0.3, 0.4) is 0 Å². The molecule has 1 unspecified atom stereocenters. The van der Waals surface area contributed by atoms with Gasteiger partial charge in [-0.25, -0.2) is 0 Å². The van der Waals surface area contributed by atoms with Gasteiger partial charge in [-0.3, -0.25) is 10.1 Å². The highest BCUT2D eigenvalue weighted by atomic mass is 35.5. The van der Waals surface area contributed by atoms with E-state index in [0.717, 1.165) is 5.70 Å². The van der Waals surface area contributed by atoms with Crippen LogP contribution in [0.5, 0.6) is 0 Å². The maximum atomic E-state index is 10.8. The zero-order valence-corrected chi connectivity index (χ0v) is 11.3. The summed E-state index contributed by atoms with van der Waals surface area (Å²) in [7, 11) is 0. The number of rotatable bonds is 7. The number of allylic oxidation sites excluding steroid dienone is 1. The molecule has 5 N–H and O–H groups in total. The fourth-order valence-electron chi connectivity index (χ4n) is 1.85. The molecule has 0 fully saturated rings. The first-order valence-electron chi connectivity index (χ1n) is 5.51. The molecule has 0 saturated heterocycles. The Morgan fingerprint density at radius 1 is 1.56 bits per heavy atom. The van der Waals surface area contributed by atoms with Gasteiger partial charge in [0.25, 0.3) is 0 Å². The largest absolute Gasteiger partial charge is 0.480 e. The van der Waals surface area contributed by atoms with Gasteiger partial charge >= 0.3 is 5.97 Å². The van der Waals surface area contributed by atoms with Gasteiger partial charge in [-0.15, -0.1) is 23.2 Å². The van der Waals surface area contributed by atoms with Crippen molar-refractivity contribution in [1.82, 2.24) is 10.6 Å². The van der Waals surface area contributed by atoms with Crippen molar-refractivity contribution in [3.63, 3.8) is 0 Å². The van der Waals surface area contributed by atoms with Crippen molar-refractivity contribution < 1.29 is 9.90 Å². The normalized spacial score (nSPS) is 24.5. The van der Waals surface area contributed by atoms with Crippen molar-refractivity contribution in [2.75, 3.05) is 12.0 Å². The van der Waals surface area contributed by atoms with E-state index in [-0.39, 0.29) is 12.4 Å². The lowest BCUT2D eigenvalue weighted by Gasteiger charge is -2.34. The minimum Gasteiger partial charge on any atom is -0.480 e. The molecule has 0 amide bonds. The first-order valence-corrected chi connectivity index (χ1v) is 6.58. The number of alkyl halides is 2. The van der Waals surface area contributed by atoms with Crippen molar-refractivity contribution in [3.05, 3.63) is 23.9 Å². The predicted molar refractivity (Wildman–Crippen MR) is 72.5 cm³/mol. The zero-order chi connectivity index (χ0) is 13.6. The number of carboxylic acids is 1. The van der Waals surface area contributed by atoms with E-state index in [0.29, 0.717) is 12.4 Å². The van der Waals surface area contributed by atoms with Crippen LogP contribution in [-0.4, -0.2) is 34.7 Å². The van der Waals surface area contributed by atoms with Crippen molar-refractivity contribution >= 4 is 29.2 Å². The van der Waals surface area contributed by atoms with Crippen molar-refractivity contribution in [1.29, 1.82) is 0 Å². The van der Waals surface area contributed by atoms with Crippen LogP contribution in [0.1, 0.15) is 12.8 Å². The summed E-state index contributed by atoms with van der Waals surface area (Å²) in [5, 5.41) is 14.9. The zero-order valence-electron chi connectivity index (χ0n) is 9.83. The molecule has 0 aromatic rings. The Kier molecular flexibility index (Phi) is 5.95. The van der Waals surface area contributed by atoms with E-state index in [4.69, 9.17) is 34.0 Å². The Hall–Kier alpha value is -0.750. The van der Waals surface area contributed by atoms with E-state index in [1.807, 2.05) is 18.2 Å². The number of carboxylic acid groups (broad SMARTS) is 1. The smallest absolute Gasteiger partial charge is 0.320 e. The molecule has 1 aliphatic rings. The van der Waals surface area contributed by atoms with Gasteiger partial charge in [0.15, 0.2) is 0 Å². The second-order valence-corrected chi connectivity index (χ2v) is 4.66. The third-order valence-corrected chi connectivity index (χ3v) is 3.13. The van der Waals surface area contributed by atoms with Crippen molar-refractivity contribution in [2.24, 2.45) is 5.73 Å². The van der Waals surface area contributed by atoms with Crippen molar-refractivity contribution in [2.45, 2.75) is 24.4 Å². The molecular weight excluding hydrogens is 277 g/mol. The summed E-state index contributed by atoms with van der Waals surface area (Å²) in [5.41, 5.74) is 5.97. The van der Waals surface area contributed by atoms with Crippen LogP contribution in [0.2, 0.25) is 0 Å². The van der Waals surface area contributed by atoms with E-state index in [1.165, 1.54) is 0 Å². The Labute approximate surface area is 116 Å². The third kappa shape index (κ3) is 4.17. The highest BCUT2D eigenvalue weighted by molar-refractivity contribution is 6.17. The van der Waals surface area contributed by atoms with Gasteiger partial charge in [0.2, 0.25) is 0 Å². The van der Waals surface area contributed by atoms with Crippen LogP contribution in [0, 0.1) is 0 Å². The standard InChI is InChI=1S/C11H17Cl2N3O2/c12-6-15-8-1-3-11(4-2-8,16-7-13)5-9(14)10(17)18/h1-3,9,15-16H,4-7,14H2,(H,17,18)/t9-,11?/m0/s1. The lowest BCUT2D eigenvalue weighted by molar-refractivity contribution is -0.139. The van der Waals surface area contributed by atoms with E-state index in [1.54, 1.807) is 0 Å². The molecule has 0 heterocycles.